The molecule has 1 aromatic carbocycles. The number of piperazine rings is 1. The molecule has 3 rings (SSSR count). The first kappa shape index (κ1) is 24.6. The van der Waals surface area contributed by atoms with Gasteiger partial charge in [0.2, 0.25) is 11.8 Å². The molecule has 2 N–H and O–H groups in total. The van der Waals surface area contributed by atoms with Gasteiger partial charge in [0.25, 0.3) is 10.2 Å². The molecule has 2 aliphatic heterocycles. The van der Waals surface area contributed by atoms with Crippen molar-refractivity contribution < 1.29 is 18.0 Å². The SMILES string of the molecule is Cc1cccc(C)c1NC(=O)CNC(=O)CN1CCN(S(=O)(=O)N2CCCCCC2)CC1. The third-order valence-corrected chi connectivity index (χ3v) is 8.14. The number of benzene rings is 1. The van der Waals surface area contributed by atoms with E-state index in [4.69, 9.17) is 0 Å². The minimum Gasteiger partial charge on any atom is -0.346 e. The molecule has 2 saturated heterocycles. The second-order valence-corrected chi connectivity index (χ2v) is 10.5. The number of nitrogens with one attached hydrogen (secondary N) is 2. The first-order chi connectivity index (χ1) is 15.3. The van der Waals surface area contributed by atoms with Gasteiger partial charge in [0.15, 0.2) is 0 Å². The summed E-state index contributed by atoms with van der Waals surface area (Å²) in [4.78, 5) is 26.4. The number of hydrogen-bond acceptors (Lipinski definition) is 5. The van der Waals surface area contributed by atoms with Crippen molar-refractivity contribution >= 4 is 27.7 Å². The molecule has 2 fully saturated rings. The second-order valence-electron chi connectivity index (χ2n) is 8.59. The van der Waals surface area contributed by atoms with E-state index in [1.165, 1.54) is 4.31 Å². The molecule has 178 valence electrons. The zero-order valence-electron chi connectivity index (χ0n) is 19.1. The molecular weight excluding hydrogens is 430 g/mol. The van der Waals surface area contributed by atoms with Crippen LogP contribution in [0.3, 0.4) is 0 Å². The van der Waals surface area contributed by atoms with Gasteiger partial charge in [0.1, 0.15) is 0 Å². The van der Waals surface area contributed by atoms with Gasteiger partial charge < -0.3 is 10.6 Å². The first-order valence-electron chi connectivity index (χ1n) is 11.4. The Morgan fingerprint density at radius 3 is 2.00 bits per heavy atom. The highest BCUT2D eigenvalue weighted by molar-refractivity contribution is 7.86. The van der Waals surface area contributed by atoms with E-state index >= 15 is 0 Å². The number of nitrogens with zero attached hydrogens (tertiary/aromatic N) is 3. The van der Waals surface area contributed by atoms with Crippen molar-refractivity contribution in [2.45, 2.75) is 39.5 Å². The highest BCUT2D eigenvalue weighted by Gasteiger charge is 2.32. The Bertz CT molecular complexity index is 885. The minimum atomic E-state index is -3.43. The number of anilines is 1. The van der Waals surface area contributed by atoms with Crippen LogP contribution in [0.15, 0.2) is 18.2 Å². The monoisotopic (exact) mass is 465 g/mol. The summed E-state index contributed by atoms with van der Waals surface area (Å²) in [5, 5.41) is 5.51. The molecule has 0 atom stereocenters. The zero-order chi connectivity index (χ0) is 23.1. The fraction of sp³-hybridized carbons (Fsp3) is 0.636. The van der Waals surface area contributed by atoms with Crippen LogP contribution in [0.25, 0.3) is 0 Å². The summed E-state index contributed by atoms with van der Waals surface area (Å²) < 4.78 is 29.0. The van der Waals surface area contributed by atoms with Crippen LogP contribution in [0.2, 0.25) is 0 Å². The van der Waals surface area contributed by atoms with Crippen LogP contribution in [-0.4, -0.2) is 86.1 Å². The molecule has 2 aliphatic rings. The van der Waals surface area contributed by atoms with Gasteiger partial charge in [-0.1, -0.05) is 31.0 Å². The summed E-state index contributed by atoms with van der Waals surface area (Å²) in [6.07, 6.45) is 3.99. The van der Waals surface area contributed by atoms with Crippen molar-refractivity contribution in [2.75, 3.05) is 57.7 Å². The topological polar surface area (TPSA) is 102 Å². The molecule has 0 radical (unpaired) electrons. The summed E-state index contributed by atoms with van der Waals surface area (Å²) in [6, 6.07) is 5.78. The van der Waals surface area contributed by atoms with E-state index in [9.17, 15) is 18.0 Å². The van der Waals surface area contributed by atoms with Crippen LogP contribution < -0.4 is 10.6 Å². The van der Waals surface area contributed by atoms with Gasteiger partial charge in [0.05, 0.1) is 13.1 Å². The molecular formula is C22H35N5O4S. The third kappa shape index (κ3) is 6.50. The number of carbonyl (C=O) groups excluding carboxylic acids is 2. The van der Waals surface area contributed by atoms with Crippen molar-refractivity contribution in [3.8, 4) is 0 Å². The van der Waals surface area contributed by atoms with Crippen molar-refractivity contribution in [1.82, 2.24) is 18.8 Å². The highest BCUT2D eigenvalue weighted by Crippen LogP contribution is 2.19. The average molecular weight is 466 g/mol. The molecule has 2 heterocycles. The lowest BCUT2D eigenvalue weighted by Gasteiger charge is -2.36. The average Bonchev–Trinajstić information content (AvgIpc) is 3.06. The molecule has 1 aromatic rings. The lowest BCUT2D eigenvalue weighted by molar-refractivity contribution is -0.125. The standard InChI is InChI=1S/C22H35N5O4S/c1-18-8-7-9-19(2)22(18)24-20(28)16-23-21(29)17-25-12-14-27(15-13-25)32(30,31)26-10-5-3-4-6-11-26/h7-9H,3-6,10-17H2,1-2H3,(H,23,29)(H,24,28). The van der Waals surface area contributed by atoms with Gasteiger partial charge in [-0.2, -0.15) is 17.0 Å². The smallest absolute Gasteiger partial charge is 0.282 e. The predicted octanol–water partition coefficient (Wildman–Crippen LogP) is 1.10. The van der Waals surface area contributed by atoms with E-state index in [2.05, 4.69) is 10.6 Å². The van der Waals surface area contributed by atoms with Crippen molar-refractivity contribution in [3.05, 3.63) is 29.3 Å². The Labute approximate surface area is 191 Å². The van der Waals surface area contributed by atoms with Crippen LogP contribution in [0, 0.1) is 13.8 Å². The molecule has 9 nitrogen and oxygen atoms in total. The number of carbonyl (C=O) groups is 2. The van der Waals surface area contributed by atoms with Crippen LogP contribution in [-0.2, 0) is 19.8 Å². The normalized spacial score (nSPS) is 19.3. The Hall–Kier alpha value is -2.01. The Morgan fingerprint density at radius 2 is 1.41 bits per heavy atom. The molecule has 0 saturated carbocycles. The highest BCUT2D eigenvalue weighted by atomic mass is 32.2. The predicted molar refractivity (Wildman–Crippen MR) is 125 cm³/mol. The molecule has 10 heteroatoms. The van der Waals surface area contributed by atoms with E-state index in [1.54, 1.807) is 4.31 Å². The zero-order valence-corrected chi connectivity index (χ0v) is 19.9. The summed E-state index contributed by atoms with van der Waals surface area (Å²) in [7, 11) is -3.43. The summed E-state index contributed by atoms with van der Waals surface area (Å²) in [5.41, 5.74) is 2.71. The van der Waals surface area contributed by atoms with Gasteiger partial charge in [-0.25, -0.2) is 0 Å². The Kier molecular flexibility index (Phi) is 8.64. The molecule has 0 aliphatic carbocycles. The molecule has 0 aromatic heterocycles. The van der Waals surface area contributed by atoms with Gasteiger partial charge in [-0.3, -0.25) is 14.5 Å². The molecule has 0 unspecified atom stereocenters. The van der Waals surface area contributed by atoms with Gasteiger partial charge in [-0.05, 0) is 37.8 Å². The lowest BCUT2D eigenvalue weighted by Crippen LogP contribution is -2.54. The molecule has 2 amide bonds. The maximum atomic E-state index is 12.9. The van der Waals surface area contributed by atoms with Gasteiger partial charge >= 0.3 is 0 Å². The van der Waals surface area contributed by atoms with E-state index in [1.807, 2.05) is 36.9 Å². The Morgan fingerprint density at radius 1 is 0.844 bits per heavy atom. The summed E-state index contributed by atoms with van der Waals surface area (Å²) in [6.45, 7) is 6.82. The van der Waals surface area contributed by atoms with Crippen LogP contribution in [0.5, 0.6) is 0 Å². The van der Waals surface area contributed by atoms with E-state index in [0.717, 1.165) is 42.5 Å². The van der Waals surface area contributed by atoms with E-state index in [0.29, 0.717) is 39.3 Å². The summed E-state index contributed by atoms with van der Waals surface area (Å²) >= 11 is 0. The van der Waals surface area contributed by atoms with Crippen molar-refractivity contribution in [1.29, 1.82) is 0 Å². The van der Waals surface area contributed by atoms with Crippen LogP contribution in [0.1, 0.15) is 36.8 Å². The molecule has 0 spiro atoms. The number of aryl methyl sites for hydroxylation is 2. The first-order valence-corrected chi connectivity index (χ1v) is 12.8. The molecule has 0 bridgehead atoms. The fourth-order valence-electron chi connectivity index (χ4n) is 4.19. The largest absolute Gasteiger partial charge is 0.346 e. The van der Waals surface area contributed by atoms with Crippen LogP contribution >= 0.6 is 0 Å². The maximum absolute atomic E-state index is 12.9. The number of hydrogen-bond donors (Lipinski definition) is 2. The summed E-state index contributed by atoms with van der Waals surface area (Å²) in [5.74, 6) is -0.519. The molecule has 32 heavy (non-hydrogen) atoms. The van der Waals surface area contributed by atoms with E-state index < -0.39 is 10.2 Å². The van der Waals surface area contributed by atoms with Crippen molar-refractivity contribution in [2.24, 2.45) is 0 Å². The fourth-order valence-corrected chi connectivity index (χ4v) is 5.86. The van der Waals surface area contributed by atoms with Gasteiger partial charge in [0, 0.05) is 45.0 Å². The Balaban J connectivity index is 1.41. The quantitative estimate of drug-likeness (QED) is 0.628. The van der Waals surface area contributed by atoms with Crippen molar-refractivity contribution in [3.63, 3.8) is 0 Å². The van der Waals surface area contributed by atoms with E-state index in [-0.39, 0.29) is 24.9 Å². The number of amides is 2. The number of rotatable bonds is 7. The third-order valence-electron chi connectivity index (χ3n) is 6.11. The van der Waals surface area contributed by atoms with Crippen LogP contribution in [0.4, 0.5) is 5.69 Å². The number of para-hydroxylation sites is 1. The second kappa shape index (κ2) is 11.2. The maximum Gasteiger partial charge on any atom is 0.282 e. The lowest BCUT2D eigenvalue weighted by atomic mass is 10.1. The van der Waals surface area contributed by atoms with Gasteiger partial charge in [-0.15, -0.1) is 0 Å². The minimum absolute atomic E-state index is 0.101.